The standard InChI is InChI=1S/C16H23NOS/c1-12-9-14(3)15(10-13(12)2)16(18)11-17-5-4-7-19-8-6-17/h9-10H,4-8,11H2,1-3H3. The molecule has 1 fully saturated rings. The van der Waals surface area contributed by atoms with Gasteiger partial charge in [0.1, 0.15) is 0 Å². The molecule has 0 aromatic heterocycles. The summed E-state index contributed by atoms with van der Waals surface area (Å²) in [7, 11) is 0. The summed E-state index contributed by atoms with van der Waals surface area (Å²) in [6.07, 6.45) is 1.20. The minimum atomic E-state index is 0.271. The van der Waals surface area contributed by atoms with Crippen molar-refractivity contribution in [2.45, 2.75) is 27.2 Å². The fourth-order valence-corrected chi connectivity index (χ4v) is 3.43. The largest absolute Gasteiger partial charge is 0.295 e. The zero-order chi connectivity index (χ0) is 13.8. The second kappa shape index (κ2) is 6.58. The molecule has 0 atom stereocenters. The van der Waals surface area contributed by atoms with Crippen LogP contribution in [-0.4, -0.2) is 41.8 Å². The Hall–Kier alpha value is -0.800. The van der Waals surface area contributed by atoms with Gasteiger partial charge in [0.2, 0.25) is 0 Å². The van der Waals surface area contributed by atoms with Crippen LogP contribution in [0.2, 0.25) is 0 Å². The number of rotatable bonds is 3. The third-order valence-corrected chi connectivity index (χ3v) is 4.87. The number of nitrogens with zero attached hydrogens (tertiary/aromatic N) is 1. The molecule has 1 aliphatic heterocycles. The molecule has 1 aliphatic rings. The molecule has 0 saturated carbocycles. The molecule has 3 heteroatoms. The summed E-state index contributed by atoms with van der Waals surface area (Å²) < 4.78 is 0. The van der Waals surface area contributed by atoms with E-state index in [1.807, 2.05) is 18.7 Å². The minimum Gasteiger partial charge on any atom is -0.295 e. The number of carbonyl (C=O) groups excluding carboxylic acids is 1. The Morgan fingerprint density at radius 3 is 2.63 bits per heavy atom. The number of hydrogen-bond acceptors (Lipinski definition) is 3. The van der Waals surface area contributed by atoms with Crippen LogP contribution in [-0.2, 0) is 0 Å². The van der Waals surface area contributed by atoms with E-state index in [1.54, 1.807) is 0 Å². The highest BCUT2D eigenvalue weighted by Crippen LogP contribution is 2.17. The zero-order valence-electron chi connectivity index (χ0n) is 12.2. The Morgan fingerprint density at radius 1 is 1.11 bits per heavy atom. The van der Waals surface area contributed by atoms with E-state index >= 15 is 0 Å². The van der Waals surface area contributed by atoms with E-state index in [2.05, 4.69) is 30.9 Å². The summed E-state index contributed by atoms with van der Waals surface area (Å²) in [4.78, 5) is 14.8. The number of thioether (sulfide) groups is 1. The molecule has 1 heterocycles. The summed E-state index contributed by atoms with van der Waals surface area (Å²) in [6.45, 7) is 8.89. The van der Waals surface area contributed by atoms with Crippen LogP contribution in [0.4, 0.5) is 0 Å². The molecular weight excluding hydrogens is 254 g/mol. The molecule has 0 N–H and O–H groups in total. The van der Waals surface area contributed by atoms with Crippen LogP contribution in [0.15, 0.2) is 12.1 Å². The van der Waals surface area contributed by atoms with Gasteiger partial charge in [0.15, 0.2) is 5.78 Å². The van der Waals surface area contributed by atoms with Crippen LogP contribution in [0.3, 0.4) is 0 Å². The summed E-state index contributed by atoms with van der Waals surface area (Å²) in [6, 6.07) is 4.18. The predicted molar refractivity (Wildman–Crippen MR) is 83.4 cm³/mol. The second-order valence-electron chi connectivity index (χ2n) is 5.42. The number of benzene rings is 1. The van der Waals surface area contributed by atoms with E-state index < -0.39 is 0 Å². The second-order valence-corrected chi connectivity index (χ2v) is 6.64. The molecule has 0 unspecified atom stereocenters. The van der Waals surface area contributed by atoms with E-state index in [1.165, 1.54) is 23.3 Å². The Labute approximate surface area is 120 Å². The lowest BCUT2D eigenvalue weighted by molar-refractivity contribution is 0.0935. The van der Waals surface area contributed by atoms with Gasteiger partial charge in [-0.3, -0.25) is 9.69 Å². The number of ketones is 1. The average molecular weight is 277 g/mol. The van der Waals surface area contributed by atoms with Gasteiger partial charge in [-0.1, -0.05) is 6.07 Å². The van der Waals surface area contributed by atoms with Crippen molar-refractivity contribution >= 4 is 17.5 Å². The lowest BCUT2D eigenvalue weighted by Crippen LogP contribution is -2.32. The maximum Gasteiger partial charge on any atom is 0.177 e. The van der Waals surface area contributed by atoms with Crippen LogP contribution in [0.1, 0.15) is 33.5 Å². The van der Waals surface area contributed by atoms with Crippen molar-refractivity contribution in [2.75, 3.05) is 31.1 Å². The molecule has 0 bridgehead atoms. The normalized spacial score (nSPS) is 17.2. The summed E-state index contributed by atoms with van der Waals surface area (Å²) in [5, 5.41) is 0. The first kappa shape index (κ1) is 14.6. The van der Waals surface area contributed by atoms with Crippen LogP contribution in [0, 0.1) is 20.8 Å². The smallest absolute Gasteiger partial charge is 0.177 e. The van der Waals surface area contributed by atoms with Crippen molar-refractivity contribution < 1.29 is 4.79 Å². The molecule has 1 aromatic carbocycles. The monoisotopic (exact) mass is 277 g/mol. The number of carbonyl (C=O) groups is 1. The van der Waals surface area contributed by atoms with E-state index in [0.29, 0.717) is 6.54 Å². The van der Waals surface area contributed by atoms with Gasteiger partial charge >= 0.3 is 0 Å². The van der Waals surface area contributed by atoms with Gasteiger partial charge in [-0.15, -0.1) is 0 Å². The van der Waals surface area contributed by atoms with Crippen LogP contribution in [0.25, 0.3) is 0 Å². The number of hydrogen-bond donors (Lipinski definition) is 0. The third-order valence-electron chi connectivity index (χ3n) is 3.82. The Bertz CT molecular complexity index is 462. The lowest BCUT2D eigenvalue weighted by atomic mass is 9.98. The molecule has 0 amide bonds. The van der Waals surface area contributed by atoms with E-state index in [-0.39, 0.29) is 5.78 Å². The van der Waals surface area contributed by atoms with E-state index in [4.69, 9.17) is 0 Å². The van der Waals surface area contributed by atoms with Crippen molar-refractivity contribution in [3.05, 3.63) is 34.4 Å². The Balaban J connectivity index is 2.08. The molecule has 0 spiro atoms. The Morgan fingerprint density at radius 2 is 1.84 bits per heavy atom. The molecule has 104 valence electrons. The average Bonchev–Trinajstić information content (AvgIpc) is 2.62. The predicted octanol–water partition coefficient (Wildman–Crippen LogP) is 3.23. The van der Waals surface area contributed by atoms with Crippen LogP contribution in [0.5, 0.6) is 0 Å². The third kappa shape index (κ3) is 3.83. The Kier molecular flexibility index (Phi) is 5.06. The fourth-order valence-electron chi connectivity index (χ4n) is 2.51. The van der Waals surface area contributed by atoms with Gasteiger partial charge in [-0.2, -0.15) is 11.8 Å². The van der Waals surface area contributed by atoms with E-state index in [0.717, 1.165) is 30.0 Å². The van der Waals surface area contributed by atoms with Gasteiger partial charge in [0, 0.05) is 17.9 Å². The highest BCUT2D eigenvalue weighted by atomic mass is 32.2. The quantitative estimate of drug-likeness (QED) is 0.791. The molecule has 2 rings (SSSR count). The minimum absolute atomic E-state index is 0.271. The first-order valence-electron chi connectivity index (χ1n) is 6.99. The zero-order valence-corrected chi connectivity index (χ0v) is 13.0. The van der Waals surface area contributed by atoms with Gasteiger partial charge < -0.3 is 0 Å². The molecule has 1 aromatic rings. The van der Waals surface area contributed by atoms with Crippen LogP contribution >= 0.6 is 11.8 Å². The van der Waals surface area contributed by atoms with Gasteiger partial charge in [0.25, 0.3) is 0 Å². The van der Waals surface area contributed by atoms with Gasteiger partial charge in [-0.25, -0.2) is 0 Å². The summed E-state index contributed by atoms with van der Waals surface area (Å²) in [5.74, 6) is 2.65. The maximum absolute atomic E-state index is 12.5. The lowest BCUT2D eigenvalue weighted by Gasteiger charge is -2.19. The molecule has 2 nitrogen and oxygen atoms in total. The molecule has 19 heavy (non-hydrogen) atoms. The van der Waals surface area contributed by atoms with Gasteiger partial charge in [-0.05, 0) is 62.2 Å². The highest BCUT2D eigenvalue weighted by Gasteiger charge is 2.16. The molecule has 1 saturated heterocycles. The van der Waals surface area contributed by atoms with Crippen molar-refractivity contribution in [1.29, 1.82) is 0 Å². The van der Waals surface area contributed by atoms with Crippen molar-refractivity contribution in [2.24, 2.45) is 0 Å². The fraction of sp³-hybridized carbons (Fsp3) is 0.562. The van der Waals surface area contributed by atoms with Crippen molar-refractivity contribution in [3.8, 4) is 0 Å². The van der Waals surface area contributed by atoms with Crippen LogP contribution < -0.4 is 0 Å². The summed E-state index contributed by atoms with van der Waals surface area (Å²) >= 11 is 2.00. The molecule has 0 aliphatic carbocycles. The first-order chi connectivity index (χ1) is 9.08. The topological polar surface area (TPSA) is 20.3 Å². The van der Waals surface area contributed by atoms with E-state index in [9.17, 15) is 4.79 Å². The SMILES string of the molecule is Cc1cc(C)c(C(=O)CN2CCCSCC2)cc1C. The number of aryl methyl sites for hydroxylation is 3. The number of Topliss-reactive ketones (excluding diaryl/α,β-unsaturated/α-hetero) is 1. The molecular formula is C16H23NOS. The first-order valence-corrected chi connectivity index (χ1v) is 8.14. The summed E-state index contributed by atoms with van der Waals surface area (Å²) in [5.41, 5.74) is 4.48. The maximum atomic E-state index is 12.5. The van der Waals surface area contributed by atoms with Gasteiger partial charge in [0.05, 0.1) is 6.54 Å². The van der Waals surface area contributed by atoms with Crippen molar-refractivity contribution in [1.82, 2.24) is 4.90 Å². The highest BCUT2D eigenvalue weighted by molar-refractivity contribution is 7.99. The molecule has 0 radical (unpaired) electrons. The van der Waals surface area contributed by atoms with Crippen molar-refractivity contribution in [3.63, 3.8) is 0 Å².